The van der Waals surface area contributed by atoms with Crippen molar-refractivity contribution in [2.45, 2.75) is 13.8 Å². The molecule has 0 aliphatic carbocycles. The molecule has 0 unspecified atom stereocenters. The number of aromatic amines is 1. The number of allylic oxidation sites excluding steroid dienone is 1. The minimum atomic E-state index is 0.554. The molecule has 1 aromatic carbocycles. The smallest absolute Gasteiger partial charge is 0.120 e. The SMILES string of the molecule is C/C=C\c1c(/C(C)=N/O)[nH]c2cc(OC)ccc12. The van der Waals surface area contributed by atoms with E-state index in [0.717, 1.165) is 27.9 Å². The van der Waals surface area contributed by atoms with Crippen LogP contribution in [0.3, 0.4) is 0 Å². The molecule has 94 valence electrons. The summed E-state index contributed by atoms with van der Waals surface area (Å²) in [6.07, 6.45) is 3.95. The first-order chi connectivity index (χ1) is 8.71. The predicted molar refractivity (Wildman–Crippen MR) is 73.6 cm³/mol. The Hall–Kier alpha value is -2.23. The third-order valence-corrected chi connectivity index (χ3v) is 2.89. The van der Waals surface area contributed by atoms with E-state index in [-0.39, 0.29) is 0 Å². The predicted octanol–water partition coefficient (Wildman–Crippen LogP) is 3.41. The molecule has 1 aromatic heterocycles. The molecule has 0 bridgehead atoms. The number of aromatic nitrogens is 1. The highest BCUT2D eigenvalue weighted by atomic mass is 16.5. The number of nitrogens with zero attached hydrogens (tertiary/aromatic N) is 1. The number of H-pyrrole nitrogens is 1. The lowest BCUT2D eigenvalue weighted by Crippen LogP contribution is -1.96. The fourth-order valence-corrected chi connectivity index (χ4v) is 2.00. The highest BCUT2D eigenvalue weighted by Gasteiger charge is 2.12. The van der Waals surface area contributed by atoms with Gasteiger partial charge in [-0.15, -0.1) is 0 Å². The quantitative estimate of drug-likeness (QED) is 0.494. The standard InChI is InChI=1S/C14H16N2O2/c1-4-5-12-11-7-6-10(18-3)8-13(11)15-14(12)9(2)16-17/h4-8,15,17H,1-3H3/b5-4-,16-9+. The lowest BCUT2D eigenvalue weighted by atomic mass is 10.1. The molecule has 0 aliphatic heterocycles. The topological polar surface area (TPSA) is 57.6 Å². The van der Waals surface area contributed by atoms with Crippen LogP contribution in [0.1, 0.15) is 25.1 Å². The summed E-state index contributed by atoms with van der Waals surface area (Å²) in [6, 6.07) is 5.84. The first kappa shape index (κ1) is 12.2. The summed E-state index contributed by atoms with van der Waals surface area (Å²) in [6.45, 7) is 3.71. The fourth-order valence-electron chi connectivity index (χ4n) is 2.00. The zero-order chi connectivity index (χ0) is 13.1. The summed E-state index contributed by atoms with van der Waals surface area (Å²) < 4.78 is 5.20. The number of hydrogen-bond acceptors (Lipinski definition) is 3. The van der Waals surface area contributed by atoms with E-state index in [9.17, 15) is 0 Å². The van der Waals surface area contributed by atoms with Gasteiger partial charge in [-0.3, -0.25) is 0 Å². The van der Waals surface area contributed by atoms with Gasteiger partial charge in [0.15, 0.2) is 0 Å². The molecule has 0 atom stereocenters. The molecule has 0 amide bonds. The number of rotatable bonds is 3. The van der Waals surface area contributed by atoms with Gasteiger partial charge in [-0.1, -0.05) is 17.3 Å². The normalized spacial score (nSPS) is 12.5. The van der Waals surface area contributed by atoms with Crippen LogP contribution < -0.4 is 4.74 Å². The van der Waals surface area contributed by atoms with Crippen LogP contribution in [0.25, 0.3) is 17.0 Å². The molecule has 0 fully saturated rings. The van der Waals surface area contributed by atoms with E-state index in [1.165, 1.54) is 0 Å². The van der Waals surface area contributed by atoms with Gasteiger partial charge in [0.2, 0.25) is 0 Å². The largest absolute Gasteiger partial charge is 0.497 e. The molecule has 18 heavy (non-hydrogen) atoms. The van der Waals surface area contributed by atoms with Crippen LogP contribution in [0.4, 0.5) is 0 Å². The molecule has 0 spiro atoms. The van der Waals surface area contributed by atoms with E-state index < -0.39 is 0 Å². The number of oxime groups is 1. The summed E-state index contributed by atoms with van der Waals surface area (Å²) >= 11 is 0. The molecule has 0 aliphatic rings. The molecule has 4 nitrogen and oxygen atoms in total. The van der Waals surface area contributed by atoms with Crippen LogP contribution in [-0.2, 0) is 0 Å². The lowest BCUT2D eigenvalue weighted by molar-refractivity contribution is 0.319. The molecule has 4 heteroatoms. The van der Waals surface area contributed by atoms with Crippen molar-refractivity contribution in [1.82, 2.24) is 4.98 Å². The van der Waals surface area contributed by atoms with Gasteiger partial charge in [0.05, 0.1) is 18.3 Å². The first-order valence-corrected chi connectivity index (χ1v) is 5.72. The van der Waals surface area contributed by atoms with E-state index in [1.54, 1.807) is 14.0 Å². The van der Waals surface area contributed by atoms with Crippen LogP contribution in [0.5, 0.6) is 5.75 Å². The first-order valence-electron chi connectivity index (χ1n) is 5.72. The molecule has 0 radical (unpaired) electrons. The number of hydrogen-bond donors (Lipinski definition) is 2. The Morgan fingerprint density at radius 3 is 2.83 bits per heavy atom. The average molecular weight is 244 g/mol. The molecule has 0 saturated heterocycles. The molecule has 2 N–H and O–H groups in total. The number of fused-ring (bicyclic) bond motifs is 1. The Morgan fingerprint density at radius 1 is 1.44 bits per heavy atom. The summed E-state index contributed by atoms with van der Waals surface area (Å²) in [7, 11) is 1.64. The molecule has 1 heterocycles. The number of nitrogens with one attached hydrogen (secondary N) is 1. The monoisotopic (exact) mass is 244 g/mol. The van der Waals surface area contributed by atoms with E-state index in [4.69, 9.17) is 9.94 Å². The summed E-state index contributed by atoms with van der Waals surface area (Å²) in [5.74, 6) is 0.793. The minimum absolute atomic E-state index is 0.554. The summed E-state index contributed by atoms with van der Waals surface area (Å²) in [5.41, 5.74) is 3.35. The maximum Gasteiger partial charge on any atom is 0.120 e. The number of methoxy groups -OCH3 is 1. The van der Waals surface area contributed by atoms with Crippen LogP contribution in [0, 0.1) is 0 Å². The van der Waals surface area contributed by atoms with Crippen molar-refractivity contribution in [3.05, 3.63) is 35.5 Å². The van der Waals surface area contributed by atoms with Gasteiger partial charge in [-0.25, -0.2) is 0 Å². The average Bonchev–Trinajstić information content (AvgIpc) is 2.76. The van der Waals surface area contributed by atoms with Crippen molar-refractivity contribution in [2.75, 3.05) is 7.11 Å². The zero-order valence-electron chi connectivity index (χ0n) is 10.7. The second kappa shape index (κ2) is 4.96. The Balaban J connectivity index is 2.74. The van der Waals surface area contributed by atoms with Crippen molar-refractivity contribution >= 4 is 22.7 Å². The van der Waals surface area contributed by atoms with E-state index in [0.29, 0.717) is 5.71 Å². The maximum atomic E-state index is 8.93. The second-order valence-corrected chi connectivity index (χ2v) is 4.01. The van der Waals surface area contributed by atoms with Crippen molar-refractivity contribution < 1.29 is 9.94 Å². The Labute approximate surface area is 106 Å². The Bertz CT molecular complexity index is 624. The van der Waals surface area contributed by atoms with Gasteiger partial charge in [0.1, 0.15) is 11.5 Å². The van der Waals surface area contributed by atoms with Crippen molar-refractivity contribution in [3.8, 4) is 5.75 Å². The van der Waals surface area contributed by atoms with Crippen LogP contribution in [0.2, 0.25) is 0 Å². The van der Waals surface area contributed by atoms with Gasteiger partial charge in [0.25, 0.3) is 0 Å². The zero-order valence-corrected chi connectivity index (χ0v) is 10.7. The highest BCUT2D eigenvalue weighted by Crippen LogP contribution is 2.27. The van der Waals surface area contributed by atoms with Gasteiger partial charge < -0.3 is 14.9 Å². The Morgan fingerprint density at radius 2 is 2.22 bits per heavy atom. The molecule has 0 saturated carbocycles. The van der Waals surface area contributed by atoms with E-state index in [1.807, 2.05) is 37.3 Å². The molecule has 2 rings (SSSR count). The van der Waals surface area contributed by atoms with Gasteiger partial charge >= 0.3 is 0 Å². The minimum Gasteiger partial charge on any atom is -0.497 e. The third kappa shape index (κ3) is 1.97. The molecular formula is C14H16N2O2. The van der Waals surface area contributed by atoms with Crippen molar-refractivity contribution in [2.24, 2.45) is 5.16 Å². The van der Waals surface area contributed by atoms with Gasteiger partial charge in [-0.05, 0) is 26.0 Å². The summed E-state index contributed by atoms with van der Waals surface area (Å²) in [4.78, 5) is 3.25. The molecule has 2 aromatic rings. The van der Waals surface area contributed by atoms with Gasteiger partial charge in [-0.2, -0.15) is 0 Å². The van der Waals surface area contributed by atoms with Crippen LogP contribution >= 0.6 is 0 Å². The van der Waals surface area contributed by atoms with Crippen LogP contribution in [-0.4, -0.2) is 23.0 Å². The van der Waals surface area contributed by atoms with E-state index in [2.05, 4.69) is 10.1 Å². The second-order valence-electron chi connectivity index (χ2n) is 4.01. The third-order valence-electron chi connectivity index (χ3n) is 2.89. The fraction of sp³-hybridized carbons (Fsp3) is 0.214. The summed E-state index contributed by atoms with van der Waals surface area (Å²) in [5, 5.41) is 13.3. The molecular weight excluding hydrogens is 228 g/mol. The van der Waals surface area contributed by atoms with Crippen molar-refractivity contribution in [3.63, 3.8) is 0 Å². The maximum absolute atomic E-state index is 8.93. The lowest BCUT2D eigenvalue weighted by Gasteiger charge is -1.99. The van der Waals surface area contributed by atoms with Gasteiger partial charge in [0, 0.05) is 17.0 Å². The Kier molecular flexibility index (Phi) is 3.37. The number of ether oxygens (including phenoxy) is 1. The van der Waals surface area contributed by atoms with E-state index >= 15 is 0 Å². The highest BCUT2D eigenvalue weighted by molar-refractivity contribution is 6.07. The van der Waals surface area contributed by atoms with Crippen LogP contribution in [0.15, 0.2) is 29.4 Å². The number of benzene rings is 1. The van der Waals surface area contributed by atoms with Crippen molar-refractivity contribution in [1.29, 1.82) is 0 Å².